The number of amides is 1. The second kappa shape index (κ2) is 1.72. The monoisotopic (exact) mass is 74.0 g/mol. The highest BCUT2D eigenvalue weighted by atomic mass is 16.3. The van der Waals surface area contributed by atoms with Gasteiger partial charge in [-0.15, -0.1) is 0 Å². The Morgan fingerprint density at radius 2 is 2.20 bits per heavy atom. The van der Waals surface area contributed by atoms with Crippen LogP contribution in [-0.2, 0) is 4.79 Å². The van der Waals surface area contributed by atoms with E-state index < -0.39 is 12.5 Å². The van der Waals surface area contributed by atoms with Crippen LogP contribution in [-0.4, -0.2) is 17.6 Å². The Morgan fingerprint density at radius 3 is 2.20 bits per heavy atom. The standard InChI is InChI=1S/C2H4NO2/c3-2(5)1-4/h3-4H,1H2. The Labute approximate surface area is 29.4 Å². The van der Waals surface area contributed by atoms with Crippen molar-refractivity contribution in [3.8, 4) is 0 Å². The second-order valence-corrected chi connectivity index (χ2v) is 0.581. The molecule has 3 heteroatoms. The van der Waals surface area contributed by atoms with E-state index in [2.05, 4.69) is 0 Å². The fourth-order valence-corrected chi connectivity index (χ4v) is 0. The molecule has 0 bridgehead atoms. The number of rotatable bonds is 1. The Hall–Kier alpha value is -0.570. The van der Waals surface area contributed by atoms with E-state index in [0.717, 1.165) is 0 Å². The predicted octanol–water partition coefficient (Wildman–Crippen LogP) is -1.21. The van der Waals surface area contributed by atoms with E-state index in [-0.39, 0.29) is 0 Å². The molecule has 0 fully saturated rings. The van der Waals surface area contributed by atoms with Crippen LogP contribution in [0.1, 0.15) is 0 Å². The van der Waals surface area contributed by atoms with E-state index >= 15 is 0 Å². The van der Waals surface area contributed by atoms with Crippen LogP contribution in [0, 0.1) is 0 Å². The van der Waals surface area contributed by atoms with Crippen LogP contribution in [0.2, 0.25) is 0 Å². The summed E-state index contributed by atoms with van der Waals surface area (Å²) < 4.78 is 0. The quantitative estimate of drug-likeness (QED) is 0.424. The largest absolute Gasteiger partial charge is 0.386 e. The maximum absolute atomic E-state index is 9.23. The van der Waals surface area contributed by atoms with E-state index in [4.69, 9.17) is 10.8 Å². The van der Waals surface area contributed by atoms with Gasteiger partial charge in [0.15, 0.2) is 0 Å². The first-order chi connectivity index (χ1) is 2.27. The summed E-state index contributed by atoms with van der Waals surface area (Å²) in [6.07, 6.45) is 0. The van der Waals surface area contributed by atoms with Gasteiger partial charge in [0, 0.05) is 0 Å². The Morgan fingerprint density at radius 1 is 2.00 bits per heavy atom. The molecule has 0 unspecified atom stereocenters. The number of aliphatic hydroxyl groups is 1. The maximum atomic E-state index is 9.23. The topological polar surface area (TPSA) is 61.1 Å². The van der Waals surface area contributed by atoms with Crippen molar-refractivity contribution in [2.24, 2.45) is 0 Å². The molecule has 0 heterocycles. The molecule has 2 N–H and O–H groups in total. The SMILES string of the molecule is [NH]C(=O)CO. The zero-order valence-electron chi connectivity index (χ0n) is 2.56. The van der Waals surface area contributed by atoms with E-state index in [0.29, 0.717) is 0 Å². The van der Waals surface area contributed by atoms with Crippen LogP contribution in [0.25, 0.3) is 0 Å². The lowest BCUT2D eigenvalue weighted by Gasteiger charge is -1.71. The van der Waals surface area contributed by atoms with Gasteiger partial charge in [-0.25, -0.2) is 0 Å². The summed E-state index contributed by atoms with van der Waals surface area (Å²) in [7, 11) is 0. The third kappa shape index (κ3) is 3.43. The van der Waals surface area contributed by atoms with Gasteiger partial charge in [-0.2, -0.15) is 0 Å². The van der Waals surface area contributed by atoms with Crippen molar-refractivity contribution < 1.29 is 9.90 Å². The first-order valence-electron chi connectivity index (χ1n) is 1.12. The summed E-state index contributed by atoms with van der Waals surface area (Å²) in [6.45, 7) is -0.667. The molecule has 0 rings (SSSR count). The average Bonchev–Trinajstić information content (AvgIpc) is 1.38. The lowest BCUT2D eigenvalue weighted by Crippen LogP contribution is -2.01. The van der Waals surface area contributed by atoms with E-state index in [1.807, 2.05) is 0 Å². The summed E-state index contributed by atoms with van der Waals surface area (Å²) in [5, 5.41) is 7.61. The van der Waals surface area contributed by atoms with Crippen LogP contribution in [0.4, 0.5) is 0 Å². The molecular formula is C2H4NO2. The first-order valence-corrected chi connectivity index (χ1v) is 1.12. The Kier molecular flexibility index (Phi) is 1.53. The molecule has 0 saturated carbocycles. The van der Waals surface area contributed by atoms with Crippen LogP contribution in [0.3, 0.4) is 0 Å². The summed E-state index contributed by atoms with van der Waals surface area (Å²) in [6, 6.07) is 0. The molecule has 0 aromatic heterocycles. The number of aliphatic hydroxyl groups excluding tert-OH is 1. The van der Waals surface area contributed by atoms with Crippen molar-refractivity contribution in [2.45, 2.75) is 0 Å². The smallest absolute Gasteiger partial charge is 0.264 e. The minimum Gasteiger partial charge on any atom is -0.386 e. The zero-order valence-corrected chi connectivity index (χ0v) is 2.56. The predicted molar refractivity (Wildman–Crippen MR) is 15.2 cm³/mol. The minimum absolute atomic E-state index is 0.667. The van der Waals surface area contributed by atoms with Gasteiger partial charge < -0.3 is 5.11 Å². The molecule has 0 aliphatic carbocycles. The van der Waals surface area contributed by atoms with Crippen LogP contribution in [0.5, 0.6) is 0 Å². The van der Waals surface area contributed by atoms with E-state index in [1.54, 1.807) is 0 Å². The maximum Gasteiger partial charge on any atom is 0.264 e. The van der Waals surface area contributed by atoms with Crippen LogP contribution >= 0.6 is 0 Å². The molecule has 0 atom stereocenters. The van der Waals surface area contributed by atoms with Gasteiger partial charge in [0.25, 0.3) is 5.91 Å². The highest BCUT2D eigenvalue weighted by Gasteiger charge is 1.81. The van der Waals surface area contributed by atoms with Gasteiger partial charge in [0.1, 0.15) is 6.61 Å². The van der Waals surface area contributed by atoms with Crippen molar-refractivity contribution in [3.63, 3.8) is 0 Å². The molecule has 1 radical (unpaired) electrons. The van der Waals surface area contributed by atoms with Crippen molar-refractivity contribution in [1.82, 2.24) is 5.73 Å². The number of hydrogen-bond acceptors (Lipinski definition) is 2. The average molecular weight is 74.1 g/mol. The molecule has 0 aliphatic heterocycles. The third-order valence-electron chi connectivity index (χ3n) is 0.144. The highest BCUT2D eigenvalue weighted by molar-refractivity contribution is 5.73. The summed E-state index contributed by atoms with van der Waals surface area (Å²) in [4.78, 5) is 9.23. The van der Waals surface area contributed by atoms with Gasteiger partial charge in [0.05, 0.1) is 0 Å². The summed E-state index contributed by atoms with van der Waals surface area (Å²) in [5.74, 6) is -0.940. The Balaban J connectivity index is 2.85. The fraction of sp³-hybridized carbons (Fsp3) is 0.500. The van der Waals surface area contributed by atoms with Gasteiger partial charge in [-0.3, -0.25) is 10.5 Å². The molecule has 29 valence electrons. The molecule has 0 aliphatic rings. The summed E-state index contributed by atoms with van der Waals surface area (Å²) >= 11 is 0. The molecular weight excluding hydrogens is 70.0 g/mol. The zero-order chi connectivity index (χ0) is 4.28. The van der Waals surface area contributed by atoms with Gasteiger partial charge in [-0.05, 0) is 0 Å². The molecule has 1 amide bonds. The first kappa shape index (κ1) is 4.43. The fourth-order valence-electron chi connectivity index (χ4n) is 0. The summed E-state index contributed by atoms with van der Waals surface area (Å²) in [5.41, 5.74) is 5.94. The minimum atomic E-state index is -0.940. The number of nitrogens with one attached hydrogen (secondary N) is 1. The van der Waals surface area contributed by atoms with Crippen LogP contribution < -0.4 is 5.73 Å². The molecule has 5 heavy (non-hydrogen) atoms. The van der Waals surface area contributed by atoms with Gasteiger partial charge in [-0.1, -0.05) is 0 Å². The molecule has 0 saturated heterocycles. The van der Waals surface area contributed by atoms with Gasteiger partial charge >= 0.3 is 0 Å². The lowest BCUT2D eigenvalue weighted by atomic mass is 10.7. The van der Waals surface area contributed by atoms with Crippen LogP contribution in [0.15, 0.2) is 0 Å². The van der Waals surface area contributed by atoms with Gasteiger partial charge in [0.2, 0.25) is 0 Å². The number of carbonyl (C=O) groups is 1. The highest BCUT2D eigenvalue weighted by Crippen LogP contribution is 1.46. The molecule has 3 nitrogen and oxygen atoms in total. The number of carbonyl (C=O) groups excluding carboxylic acids is 1. The van der Waals surface area contributed by atoms with E-state index in [9.17, 15) is 4.79 Å². The molecule has 0 aromatic rings. The molecule has 0 spiro atoms. The van der Waals surface area contributed by atoms with E-state index in [1.165, 1.54) is 0 Å². The normalized spacial score (nSPS) is 7.40. The second-order valence-electron chi connectivity index (χ2n) is 0.581. The molecule has 0 aromatic carbocycles. The number of hydrogen-bond donors (Lipinski definition) is 1. The van der Waals surface area contributed by atoms with Crippen molar-refractivity contribution in [1.29, 1.82) is 0 Å². The van der Waals surface area contributed by atoms with Crippen molar-refractivity contribution >= 4 is 5.91 Å². The van der Waals surface area contributed by atoms with Crippen molar-refractivity contribution in [3.05, 3.63) is 0 Å². The third-order valence-corrected chi connectivity index (χ3v) is 0.144. The van der Waals surface area contributed by atoms with Crippen molar-refractivity contribution in [2.75, 3.05) is 6.61 Å². The lowest BCUT2D eigenvalue weighted by molar-refractivity contribution is -0.121. The Bertz CT molecular complexity index is 42.9.